The van der Waals surface area contributed by atoms with E-state index in [1.807, 2.05) is 0 Å². The number of benzene rings is 2. The maximum absolute atomic E-state index is 12.3. The minimum atomic E-state index is -4.75. The van der Waals surface area contributed by atoms with Crippen LogP contribution in [0.5, 0.6) is 17.2 Å². The van der Waals surface area contributed by atoms with Gasteiger partial charge in [-0.05, 0) is 36.8 Å². The summed E-state index contributed by atoms with van der Waals surface area (Å²) in [5.74, 6) is -0.0869. The fourth-order valence-corrected chi connectivity index (χ4v) is 2.49. The van der Waals surface area contributed by atoms with Gasteiger partial charge < -0.3 is 19.5 Å². The first-order valence-corrected chi connectivity index (χ1v) is 8.24. The second kappa shape index (κ2) is 8.85. The summed E-state index contributed by atoms with van der Waals surface area (Å²) in [5, 5.41) is 2.89. The van der Waals surface area contributed by atoms with Crippen LogP contribution < -0.4 is 19.5 Å². The third-order valence-electron chi connectivity index (χ3n) is 3.39. The maximum atomic E-state index is 12.3. The van der Waals surface area contributed by atoms with E-state index in [9.17, 15) is 18.0 Å². The number of nitrogens with one attached hydrogen (secondary N) is 1. The van der Waals surface area contributed by atoms with Crippen LogP contribution in [-0.4, -0.2) is 26.0 Å². The quantitative estimate of drug-likeness (QED) is 0.735. The van der Waals surface area contributed by atoms with Crippen LogP contribution in [-0.2, 0) is 6.54 Å². The van der Waals surface area contributed by atoms with Crippen LogP contribution in [0, 0.1) is 0 Å². The second-order valence-corrected chi connectivity index (χ2v) is 5.70. The Bertz CT molecular complexity index is 794. The Hall–Kier alpha value is -2.61. The van der Waals surface area contributed by atoms with Gasteiger partial charge in [0, 0.05) is 12.1 Å². The van der Waals surface area contributed by atoms with Crippen LogP contribution in [0.2, 0.25) is 5.02 Å². The first-order valence-electron chi connectivity index (χ1n) is 7.86. The number of alkyl halides is 3. The molecule has 0 radical (unpaired) electrons. The molecule has 1 amide bonds. The zero-order chi connectivity index (χ0) is 20.0. The summed E-state index contributed by atoms with van der Waals surface area (Å²) in [7, 11) is 1.43. The van der Waals surface area contributed by atoms with Crippen molar-refractivity contribution in [1.29, 1.82) is 0 Å². The van der Waals surface area contributed by atoms with Crippen molar-refractivity contribution >= 4 is 17.5 Å². The summed E-state index contributed by atoms with van der Waals surface area (Å²) in [6.45, 7) is 2.29. The number of amides is 1. The van der Waals surface area contributed by atoms with Crippen molar-refractivity contribution in [1.82, 2.24) is 5.32 Å². The van der Waals surface area contributed by atoms with Crippen molar-refractivity contribution in [3.8, 4) is 17.2 Å². The molecule has 146 valence electrons. The van der Waals surface area contributed by atoms with Crippen molar-refractivity contribution in [3.05, 3.63) is 52.5 Å². The summed E-state index contributed by atoms with van der Waals surface area (Å²) in [6, 6.07) is 8.13. The number of halogens is 4. The molecule has 0 saturated heterocycles. The molecule has 0 aliphatic rings. The van der Waals surface area contributed by atoms with Crippen LogP contribution >= 0.6 is 11.6 Å². The Morgan fingerprint density at radius 1 is 1.19 bits per heavy atom. The molecule has 2 rings (SSSR count). The van der Waals surface area contributed by atoms with Crippen LogP contribution in [0.1, 0.15) is 22.8 Å². The first kappa shape index (κ1) is 20.7. The molecule has 0 saturated carbocycles. The predicted octanol–water partition coefficient (Wildman–Crippen LogP) is 4.58. The van der Waals surface area contributed by atoms with E-state index in [0.29, 0.717) is 23.7 Å². The molecule has 1 N–H and O–H groups in total. The van der Waals surface area contributed by atoms with Crippen LogP contribution in [0.3, 0.4) is 0 Å². The lowest BCUT2D eigenvalue weighted by atomic mass is 10.1. The minimum Gasteiger partial charge on any atom is -0.493 e. The summed E-state index contributed by atoms with van der Waals surface area (Å²) in [5.41, 5.74) is 0.860. The highest BCUT2D eigenvalue weighted by molar-refractivity contribution is 6.32. The van der Waals surface area contributed by atoms with Gasteiger partial charge in [-0.15, -0.1) is 13.2 Å². The molecule has 0 aliphatic carbocycles. The topological polar surface area (TPSA) is 56.8 Å². The van der Waals surface area contributed by atoms with Crippen LogP contribution in [0.15, 0.2) is 36.4 Å². The highest BCUT2D eigenvalue weighted by atomic mass is 35.5. The molecule has 2 aromatic carbocycles. The molecule has 9 heteroatoms. The molecule has 0 unspecified atom stereocenters. The number of rotatable bonds is 7. The Kier molecular flexibility index (Phi) is 6.79. The standard InChI is InChI=1S/C18H17ClF3NO4/c1-3-26-16-14(19)8-12(9-15(16)25-2)17(24)23-10-11-4-6-13(7-5-11)27-18(20,21)22/h4-9H,3,10H2,1-2H3,(H,23,24). The molecule has 0 heterocycles. The number of ether oxygens (including phenoxy) is 3. The molecule has 0 fully saturated rings. The van der Waals surface area contributed by atoms with E-state index in [2.05, 4.69) is 10.1 Å². The highest BCUT2D eigenvalue weighted by Gasteiger charge is 2.30. The fourth-order valence-electron chi connectivity index (χ4n) is 2.23. The maximum Gasteiger partial charge on any atom is 0.573 e. The number of hydrogen-bond donors (Lipinski definition) is 1. The van der Waals surface area contributed by atoms with Crippen LogP contribution in [0.4, 0.5) is 13.2 Å². The molecular formula is C18H17ClF3NO4. The van der Waals surface area contributed by atoms with E-state index in [1.54, 1.807) is 6.92 Å². The second-order valence-electron chi connectivity index (χ2n) is 5.30. The third-order valence-corrected chi connectivity index (χ3v) is 3.67. The Labute approximate surface area is 159 Å². The molecular weight excluding hydrogens is 387 g/mol. The van der Waals surface area contributed by atoms with Gasteiger partial charge in [0.15, 0.2) is 11.5 Å². The van der Waals surface area contributed by atoms with Gasteiger partial charge >= 0.3 is 6.36 Å². The Balaban J connectivity index is 2.04. The van der Waals surface area contributed by atoms with E-state index in [-0.39, 0.29) is 22.9 Å². The van der Waals surface area contributed by atoms with Crippen molar-refractivity contribution in [3.63, 3.8) is 0 Å². The third kappa shape index (κ3) is 5.96. The Morgan fingerprint density at radius 2 is 1.85 bits per heavy atom. The molecule has 0 atom stereocenters. The molecule has 0 bridgehead atoms. The average Bonchev–Trinajstić information content (AvgIpc) is 2.61. The zero-order valence-corrected chi connectivity index (χ0v) is 15.3. The van der Waals surface area contributed by atoms with Crippen molar-refractivity contribution < 1.29 is 32.2 Å². The SMILES string of the molecule is CCOc1c(Cl)cc(C(=O)NCc2ccc(OC(F)(F)F)cc2)cc1OC. The summed E-state index contributed by atoms with van der Waals surface area (Å²) >= 11 is 6.13. The number of hydrogen-bond acceptors (Lipinski definition) is 4. The lowest BCUT2D eigenvalue weighted by molar-refractivity contribution is -0.274. The molecule has 0 aliphatic heterocycles. The zero-order valence-electron chi connectivity index (χ0n) is 14.5. The fraction of sp³-hybridized carbons (Fsp3) is 0.278. The van der Waals surface area contributed by atoms with Gasteiger partial charge in [-0.25, -0.2) is 0 Å². The largest absolute Gasteiger partial charge is 0.573 e. The Morgan fingerprint density at radius 3 is 2.41 bits per heavy atom. The summed E-state index contributed by atoms with van der Waals surface area (Å²) < 4.78 is 50.8. The van der Waals surface area contributed by atoms with Gasteiger partial charge in [0.25, 0.3) is 5.91 Å². The molecule has 5 nitrogen and oxygen atoms in total. The van der Waals surface area contributed by atoms with Gasteiger partial charge in [-0.2, -0.15) is 0 Å². The number of carbonyl (C=O) groups is 1. The average molecular weight is 404 g/mol. The lowest BCUT2D eigenvalue weighted by Gasteiger charge is -2.13. The molecule has 0 spiro atoms. The monoisotopic (exact) mass is 403 g/mol. The van der Waals surface area contributed by atoms with Gasteiger partial charge in [0.1, 0.15) is 5.75 Å². The molecule has 27 heavy (non-hydrogen) atoms. The highest BCUT2D eigenvalue weighted by Crippen LogP contribution is 2.36. The van der Waals surface area contributed by atoms with E-state index in [0.717, 1.165) is 0 Å². The molecule has 2 aromatic rings. The normalized spacial score (nSPS) is 11.0. The van der Waals surface area contributed by atoms with Gasteiger partial charge in [-0.1, -0.05) is 23.7 Å². The van der Waals surface area contributed by atoms with E-state index < -0.39 is 12.3 Å². The van der Waals surface area contributed by atoms with Gasteiger partial charge in [0.05, 0.1) is 18.7 Å². The van der Waals surface area contributed by atoms with E-state index >= 15 is 0 Å². The van der Waals surface area contributed by atoms with Gasteiger partial charge in [0.2, 0.25) is 0 Å². The first-order chi connectivity index (χ1) is 12.7. The molecule has 0 aromatic heterocycles. The van der Waals surface area contributed by atoms with Crippen molar-refractivity contribution in [2.75, 3.05) is 13.7 Å². The number of methoxy groups -OCH3 is 1. The predicted molar refractivity (Wildman–Crippen MR) is 93.5 cm³/mol. The van der Waals surface area contributed by atoms with Crippen LogP contribution in [0.25, 0.3) is 0 Å². The smallest absolute Gasteiger partial charge is 0.493 e. The van der Waals surface area contributed by atoms with Crippen molar-refractivity contribution in [2.24, 2.45) is 0 Å². The summed E-state index contributed by atoms with van der Waals surface area (Å²) in [4.78, 5) is 12.3. The number of carbonyl (C=O) groups excluding carboxylic acids is 1. The lowest BCUT2D eigenvalue weighted by Crippen LogP contribution is -2.23. The summed E-state index contributed by atoms with van der Waals surface area (Å²) in [6.07, 6.45) is -4.75. The minimum absolute atomic E-state index is 0.109. The van der Waals surface area contributed by atoms with Crippen molar-refractivity contribution in [2.45, 2.75) is 19.8 Å². The van der Waals surface area contributed by atoms with E-state index in [1.165, 1.54) is 43.5 Å². The van der Waals surface area contributed by atoms with E-state index in [4.69, 9.17) is 21.1 Å². The van der Waals surface area contributed by atoms with Gasteiger partial charge in [-0.3, -0.25) is 4.79 Å².